The van der Waals surface area contributed by atoms with Gasteiger partial charge in [-0.2, -0.15) is 0 Å². The standard InChI is InChI=1S/C12H18ClNO3S/c1-8(2)14-18(15,16)10-5-6-12(11(13)7-10)17-9(3)4/h5-9,14H,1-4H3. The molecule has 0 fully saturated rings. The maximum absolute atomic E-state index is 11.9. The van der Waals surface area contributed by atoms with Crippen LogP contribution in [-0.2, 0) is 10.0 Å². The van der Waals surface area contributed by atoms with Crippen LogP contribution < -0.4 is 9.46 Å². The summed E-state index contributed by atoms with van der Waals surface area (Å²) in [6, 6.07) is 4.27. The van der Waals surface area contributed by atoms with Gasteiger partial charge in [0.1, 0.15) is 5.75 Å². The molecule has 18 heavy (non-hydrogen) atoms. The Labute approximate surface area is 113 Å². The van der Waals surface area contributed by atoms with Crippen molar-refractivity contribution < 1.29 is 13.2 Å². The Morgan fingerprint density at radius 3 is 2.28 bits per heavy atom. The number of sulfonamides is 1. The summed E-state index contributed by atoms with van der Waals surface area (Å²) in [5.74, 6) is 0.482. The lowest BCUT2D eigenvalue weighted by Crippen LogP contribution is -2.30. The molecule has 0 amide bonds. The summed E-state index contributed by atoms with van der Waals surface area (Å²) < 4.78 is 31.8. The summed E-state index contributed by atoms with van der Waals surface area (Å²) in [4.78, 5) is 0.136. The quantitative estimate of drug-likeness (QED) is 0.907. The first-order valence-electron chi connectivity index (χ1n) is 5.71. The van der Waals surface area contributed by atoms with Crippen LogP contribution in [0, 0.1) is 0 Å². The Balaban J connectivity index is 3.04. The van der Waals surface area contributed by atoms with E-state index >= 15 is 0 Å². The van der Waals surface area contributed by atoms with Crippen LogP contribution in [0.25, 0.3) is 0 Å². The summed E-state index contributed by atoms with van der Waals surface area (Å²) in [5, 5.41) is 0.287. The van der Waals surface area contributed by atoms with Gasteiger partial charge in [0.25, 0.3) is 0 Å². The van der Waals surface area contributed by atoms with Crippen LogP contribution in [0.1, 0.15) is 27.7 Å². The van der Waals surface area contributed by atoms with E-state index < -0.39 is 10.0 Å². The van der Waals surface area contributed by atoms with E-state index in [0.29, 0.717) is 5.75 Å². The molecule has 0 spiro atoms. The van der Waals surface area contributed by atoms with E-state index in [1.54, 1.807) is 19.9 Å². The number of hydrogen-bond donors (Lipinski definition) is 1. The van der Waals surface area contributed by atoms with Crippen LogP contribution >= 0.6 is 11.6 Å². The van der Waals surface area contributed by atoms with Crippen LogP contribution in [0.2, 0.25) is 5.02 Å². The van der Waals surface area contributed by atoms with Crippen molar-refractivity contribution in [3.8, 4) is 5.75 Å². The Morgan fingerprint density at radius 1 is 1.22 bits per heavy atom. The molecule has 0 saturated carbocycles. The first-order chi connectivity index (χ1) is 8.22. The zero-order valence-corrected chi connectivity index (χ0v) is 12.5. The zero-order chi connectivity index (χ0) is 13.9. The summed E-state index contributed by atoms with van der Waals surface area (Å²) in [7, 11) is -3.52. The molecule has 1 N–H and O–H groups in total. The molecule has 0 aliphatic rings. The van der Waals surface area contributed by atoms with Gasteiger partial charge in [-0.15, -0.1) is 0 Å². The molecule has 0 bridgehead atoms. The molecule has 102 valence electrons. The van der Waals surface area contributed by atoms with E-state index in [2.05, 4.69) is 4.72 Å². The van der Waals surface area contributed by atoms with E-state index in [4.69, 9.17) is 16.3 Å². The lowest BCUT2D eigenvalue weighted by molar-refractivity contribution is 0.242. The Bertz CT molecular complexity index is 512. The molecule has 0 saturated heterocycles. The van der Waals surface area contributed by atoms with E-state index in [1.807, 2.05) is 13.8 Å². The summed E-state index contributed by atoms with van der Waals surface area (Å²) in [5.41, 5.74) is 0. The normalized spacial score (nSPS) is 12.2. The van der Waals surface area contributed by atoms with Crippen LogP contribution in [0.3, 0.4) is 0 Å². The van der Waals surface area contributed by atoms with Crippen LogP contribution in [-0.4, -0.2) is 20.6 Å². The zero-order valence-electron chi connectivity index (χ0n) is 10.9. The van der Waals surface area contributed by atoms with Gasteiger partial charge >= 0.3 is 0 Å². The molecule has 1 aromatic carbocycles. The van der Waals surface area contributed by atoms with Crippen molar-refractivity contribution in [2.45, 2.75) is 44.7 Å². The molecule has 1 rings (SSSR count). The topological polar surface area (TPSA) is 55.4 Å². The highest BCUT2D eigenvalue weighted by atomic mass is 35.5. The molecule has 0 aliphatic heterocycles. The van der Waals surface area contributed by atoms with Crippen LogP contribution in [0.5, 0.6) is 5.75 Å². The fourth-order valence-electron chi connectivity index (χ4n) is 1.38. The van der Waals surface area contributed by atoms with Crippen molar-refractivity contribution in [1.29, 1.82) is 0 Å². The maximum Gasteiger partial charge on any atom is 0.240 e. The monoisotopic (exact) mass is 291 g/mol. The van der Waals surface area contributed by atoms with E-state index in [9.17, 15) is 8.42 Å². The van der Waals surface area contributed by atoms with Gasteiger partial charge in [-0.25, -0.2) is 13.1 Å². The van der Waals surface area contributed by atoms with Crippen LogP contribution in [0.4, 0.5) is 0 Å². The molecule has 0 radical (unpaired) electrons. The predicted octanol–water partition coefficient (Wildman–Crippen LogP) is 2.81. The van der Waals surface area contributed by atoms with E-state index in [1.165, 1.54) is 12.1 Å². The first-order valence-corrected chi connectivity index (χ1v) is 7.57. The number of ether oxygens (including phenoxy) is 1. The minimum atomic E-state index is -3.52. The van der Waals surface area contributed by atoms with Crippen molar-refractivity contribution in [2.24, 2.45) is 0 Å². The average Bonchev–Trinajstić information content (AvgIpc) is 2.18. The molecule has 0 atom stereocenters. The van der Waals surface area contributed by atoms with Gasteiger partial charge in [0.05, 0.1) is 16.0 Å². The Morgan fingerprint density at radius 2 is 1.83 bits per heavy atom. The van der Waals surface area contributed by atoms with Gasteiger partial charge in [0.2, 0.25) is 10.0 Å². The highest BCUT2D eigenvalue weighted by Gasteiger charge is 2.17. The Hall–Kier alpha value is -0.780. The SMILES string of the molecule is CC(C)NS(=O)(=O)c1ccc(OC(C)C)c(Cl)c1. The van der Waals surface area contributed by atoms with Crippen molar-refractivity contribution in [3.63, 3.8) is 0 Å². The molecular formula is C12H18ClNO3S. The molecule has 1 aromatic rings. The van der Waals surface area contributed by atoms with Gasteiger partial charge in [-0.05, 0) is 45.9 Å². The minimum Gasteiger partial charge on any atom is -0.489 e. The fourth-order valence-corrected chi connectivity index (χ4v) is 2.94. The third-order valence-electron chi connectivity index (χ3n) is 1.97. The highest BCUT2D eigenvalue weighted by molar-refractivity contribution is 7.89. The Kier molecular flexibility index (Phi) is 5.01. The van der Waals surface area contributed by atoms with Crippen molar-refractivity contribution in [1.82, 2.24) is 4.72 Å². The number of benzene rings is 1. The van der Waals surface area contributed by atoms with Crippen molar-refractivity contribution in [2.75, 3.05) is 0 Å². The second-order valence-corrected chi connectivity index (χ2v) is 6.66. The van der Waals surface area contributed by atoms with E-state index in [-0.39, 0.29) is 22.1 Å². The smallest absolute Gasteiger partial charge is 0.240 e. The van der Waals surface area contributed by atoms with E-state index in [0.717, 1.165) is 0 Å². The van der Waals surface area contributed by atoms with Gasteiger partial charge in [0.15, 0.2) is 0 Å². The molecular weight excluding hydrogens is 274 g/mol. The molecule has 0 aliphatic carbocycles. The average molecular weight is 292 g/mol. The van der Waals surface area contributed by atoms with Gasteiger partial charge in [-0.3, -0.25) is 0 Å². The second kappa shape index (κ2) is 5.91. The number of nitrogens with one attached hydrogen (secondary N) is 1. The molecule has 6 heteroatoms. The summed E-state index contributed by atoms with van der Waals surface area (Å²) in [6.45, 7) is 7.27. The highest BCUT2D eigenvalue weighted by Crippen LogP contribution is 2.28. The van der Waals surface area contributed by atoms with Gasteiger partial charge in [-0.1, -0.05) is 11.6 Å². The van der Waals surface area contributed by atoms with Crippen molar-refractivity contribution >= 4 is 21.6 Å². The summed E-state index contributed by atoms with van der Waals surface area (Å²) in [6.07, 6.45) is -0.0150. The second-order valence-electron chi connectivity index (χ2n) is 4.53. The lowest BCUT2D eigenvalue weighted by atomic mass is 10.3. The van der Waals surface area contributed by atoms with Gasteiger partial charge < -0.3 is 4.74 Å². The largest absolute Gasteiger partial charge is 0.489 e. The third-order valence-corrected chi connectivity index (χ3v) is 3.92. The molecule has 0 aromatic heterocycles. The molecule has 0 heterocycles. The van der Waals surface area contributed by atoms with Gasteiger partial charge in [0, 0.05) is 6.04 Å². The number of rotatable bonds is 5. The molecule has 4 nitrogen and oxygen atoms in total. The number of halogens is 1. The number of hydrogen-bond acceptors (Lipinski definition) is 3. The van der Waals surface area contributed by atoms with Crippen molar-refractivity contribution in [3.05, 3.63) is 23.2 Å². The van der Waals surface area contributed by atoms with Crippen LogP contribution in [0.15, 0.2) is 23.1 Å². The predicted molar refractivity (Wildman–Crippen MR) is 72.7 cm³/mol. The summed E-state index contributed by atoms with van der Waals surface area (Å²) >= 11 is 6.00. The lowest BCUT2D eigenvalue weighted by Gasteiger charge is -2.13. The minimum absolute atomic E-state index is 0.0150. The first kappa shape index (κ1) is 15.3. The fraction of sp³-hybridized carbons (Fsp3) is 0.500. The third kappa shape index (κ3) is 4.15. The molecule has 0 unspecified atom stereocenters. The maximum atomic E-state index is 11.9.